The maximum Gasteiger partial charge on any atom is 0.0827 e. The lowest BCUT2D eigenvalue weighted by Crippen LogP contribution is -2.07. The molecule has 8 rings (SSSR count). The maximum absolute atomic E-state index is 4.22. The zero-order valence-electron chi connectivity index (χ0n) is 102. The summed E-state index contributed by atoms with van der Waals surface area (Å²) >= 11 is 0. The summed E-state index contributed by atoms with van der Waals surface area (Å²) in [5.74, 6) is 12.7. The maximum atomic E-state index is 4.22. The molecule has 8 aromatic heterocycles. The highest BCUT2D eigenvalue weighted by Crippen LogP contribution is 2.22. The minimum atomic E-state index is 0.635. The first-order valence-corrected chi connectivity index (χ1v) is 60.7. The number of rotatable bonds is 74. The SMILES string of the molecule is CC(C)CCCCCCc1cnnn1CCC(C)C.CC(C)CCCCCc1cn(CC(C)C)nn1.CC(C)CCCCCc1cnnn1CCCC(C)C.CC(C)CCCCCc1cnnn1CCCC(C)C.CC(C)CCCCc1cn(CCC(C)C)nn1.CC(C)CCCCc1cnnn1CCCCC(C)C.CC(C)CCCCc1cnnn1CCCCC(C)C.CC(C)CCCc1cn(CCCC(C)C)nn1. The van der Waals surface area contributed by atoms with E-state index in [0.717, 1.165) is 210 Å². The van der Waals surface area contributed by atoms with Gasteiger partial charge >= 0.3 is 0 Å². The van der Waals surface area contributed by atoms with Crippen LogP contribution < -0.4 is 0 Å². The van der Waals surface area contributed by atoms with E-state index in [1.807, 2.05) is 45.0 Å². The zero-order valence-corrected chi connectivity index (χ0v) is 102. The van der Waals surface area contributed by atoms with Crippen molar-refractivity contribution in [3.63, 3.8) is 0 Å². The lowest BCUT2D eigenvalue weighted by molar-refractivity contribution is 0.462. The van der Waals surface area contributed by atoms with Crippen LogP contribution in [0.15, 0.2) is 49.6 Å². The topological polar surface area (TPSA) is 246 Å². The highest BCUT2D eigenvalue weighted by molar-refractivity contribution is 4.99. The molecular weight excluding hydrogens is 1800 g/mol. The van der Waals surface area contributed by atoms with Crippen LogP contribution in [0.2, 0.25) is 0 Å². The molecule has 0 bridgehead atoms. The van der Waals surface area contributed by atoms with Crippen molar-refractivity contribution in [1.29, 1.82) is 0 Å². The Balaban J connectivity index is 0.000000835. The Labute approximate surface area is 899 Å². The highest BCUT2D eigenvalue weighted by Gasteiger charge is 2.15. The van der Waals surface area contributed by atoms with Crippen molar-refractivity contribution in [3.8, 4) is 0 Å². The number of hydrogen-bond donors (Lipinski definition) is 0. The first-order chi connectivity index (χ1) is 69.7. The van der Waals surface area contributed by atoms with E-state index in [4.69, 9.17) is 0 Å². The zero-order chi connectivity index (χ0) is 108. The van der Waals surface area contributed by atoms with Crippen LogP contribution in [0.4, 0.5) is 0 Å². The van der Waals surface area contributed by atoms with E-state index in [-0.39, 0.29) is 0 Å². The quantitative estimate of drug-likeness (QED) is 0.0322. The van der Waals surface area contributed by atoms with Crippen molar-refractivity contribution in [2.75, 3.05) is 0 Å². The molecule has 146 heavy (non-hydrogen) atoms. The number of hydrogen-bond acceptors (Lipinski definition) is 16. The van der Waals surface area contributed by atoms with Gasteiger partial charge in [0.15, 0.2) is 0 Å². The molecule has 0 aliphatic rings. The molecule has 8 heterocycles. The Morgan fingerprint density at radius 1 is 0.158 bits per heavy atom. The third kappa shape index (κ3) is 81.9. The van der Waals surface area contributed by atoms with Crippen molar-refractivity contribution >= 4 is 0 Å². The van der Waals surface area contributed by atoms with E-state index in [1.54, 1.807) is 0 Å². The second-order valence-electron chi connectivity index (χ2n) is 49.8. The van der Waals surface area contributed by atoms with E-state index < -0.39 is 0 Å². The standard InChI is InChI=1S/5C16H31N3.3C14H27N3/c2*1-14(2)9-5-6-11-16-13-17-18-19(16)12-8-7-10-15(3)4;2*1-14(2)9-6-5-7-11-16-13-17-18-19(16)12-8-10-15(3)4;1-14(2)9-7-5-6-8-10-16-13-17-18-19(16)12-11-15(3)4;1-12(2)7-5-9-14-11-17(16-15-14)10-6-8-13(3)4;1-12(2)7-5-6-8-14-11-17(16-15-14)10-9-13(3)4;1-12(2)8-6-5-7-9-14-11-17(16-15-14)10-13(3)4/h5*13-15H,5-12H2,1-4H3;3*11-13H,5-10H2,1-4H3. The number of aryl methyl sites for hydroxylation is 15. The number of nitrogens with zero attached hydrogens (tertiary/aromatic N) is 24. The van der Waals surface area contributed by atoms with Crippen molar-refractivity contribution < 1.29 is 0 Å². The van der Waals surface area contributed by atoms with Gasteiger partial charge in [-0.15, -0.1) is 40.8 Å². The number of unbranched alkanes of at least 4 members (excludes halogenated alkanes) is 14. The molecule has 0 radical (unpaired) electrons. The molecule has 0 spiro atoms. The largest absolute Gasteiger partial charge is 0.252 e. The van der Waals surface area contributed by atoms with Crippen molar-refractivity contribution in [2.24, 2.45) is 94.7 Å². The summed E-state index contributed by atoms with van der Waals surface area (Å²) < 4.78 is 16.5. The van der Waals surface area contributed by atoms with Gasteiger partial charge in [-0.1, -0.05) is 417 Å². The summed E-state index contributed by atoms with van der Waals surface area (Å²) in [4.78, 5) is 0. The summed E-state index contributed by atoms with van der Waals surface area (Å²) in [6.45, 7) is 80.9. The monoisotopic (exact) mass is 2040 g/mol. The van der Waals surface area contributed by atoms with Gasteiger partial charge in [0, 0.05) is 70.9 Å². The molecule has 24 nitrogen and oxygen atoms in total. The molecular formula is C122H236N24. The summed E-state index contributed by atoms with van der Waals surface area (Å²) in [6, 6.07) is 0. The van der Waals surface area contributed by atoms with Crippen LogP contribution in [0.5, 0.6) is 0 Å². The Morgan fingerprint density at radius 3 is 0.644 bits per heavy atom. The average Bonchev–Trinajstić information content (AvgIpc) is 1.84. The third-order valence-corrected chi connectivity index (χ3v) is 26.6. The van der Waals surface area contributed by atoms with Gasteiger partial charge in [-0.3, -0.25) is 14.0 Å². The van der Waals surface area contributed by atoms with Gasteiger partial charge in [0.1, 0.15) is 0 Å². The van der Waals surface area contributed by atoms with Crippen molar-refractivity contribution in [2.45, 2.75) is 595 Å². The molecule has 0 aliphatic heterocycles. The van der Waals surface area contributed by atoms with Gasteiger partial charge in [-0.05, 0) is 262 Å². The normalized spacial score (nSPS) is 11.7. The molecule has 0 atom stereocenters. The average molecular weight is 2040 g/mol. The summed E-state index contributed by atoms with van der Waals surface area (Å²) in [5.41, 5.74) is 10.0. The molecule has 0 saturated heterocycles. The van der Waals surface area contributed by atoms with Crippen LogP contribution in [0.3, 0.4) is 0 Å². The molecule has 0 aliphatic carbocycles. The fourth-order valence-electron chi connectivity index (χ4n) is 17.3. The lowest BCUT2D eigenvalue weighted by Gasteiger charge is -2.08. The van der Waals surface area contributed by atoms with Gasteiger partial charge in [0.25, 0.3) is 0 Å². The predicted molar refractivity (Wildman–Crippen MR) is 621 cm³/mol. The highest BCUT2D eigenvalue weighted by atomic mass is 15.5. The lowest BCUT2D eigenvalue weighted by atomic mass is 10.0. The van der Waals surface area contributed by atoms with Crippen LogP contribution in [0.25, 0.3) is 0 Å². The van der Waals surface area contributed by atoms with Crippen LogP contribution in [0, 0.1) is 94.7 Å². The predicted octanol–water partition coefficient (Wildman–Crippen LogP) is 33.4. The Kier molecular flexibility index (Phi) is 83.3. The van der Waals surface area contributed by atoms with E-state index in [0.29, 0.717) is 5.92 Å². The summed E-state index contributed by atoms with van der Waals surface area (Å²) in [5, 5.41) is 66.5. The van der Waals surface area contributed by atoms with Crippen molar-refractivity contribution in [3.05, 3.63) is 95.1 Å². The Morgan fingerprint density at radius 2 is 0.349 bits per heavy atom. The van der Waals surface area contributed by atoms with Crippen LogP contribution >= 0.6 is 0 Å². The van der Waals surface area contributed by atoms with Crippen molar-refractivity contribution in [1.82, 2.24) is 120 Å². The molecule has 0 N–H and O–H groups in total. The Hall–Kier alpha value is -6.88. The molecule has 0 aromatic carbocycles. The van der Waals surface area contributed by atoms with Crippen LogP contribution in [0.1, 0.15) is 537 Å². The minimum absolute atomic E-state index is 0.635. The summed E-state index contributed by atoms with van der Waals surface area (Å²) in [6.07, 6.45) is 79.1. The van der Waals surface area contributed by atoms with Gasteiger partial charge < -0.3 is 0 Å². The first kappa shape index (κ1) is 137. The fraction of sp³-hybridized carbons (Fsp3) is 0.869. The van der Waals surface area contributed by atoms with E-state index >= 15 is 0 Å². The van der Waals surface area contributed by atoms with Gasteiger partial charge in [-0.25, -0.2) is 23.4 Å². The molecule has 24 heteroatoms. The summed E-state index contributed by atoms with van der Waals surface area (Å²) in [7, 11) is 0. The second kappa shape index (κ2) is 88.7. The van der Waals surface area contributed by atoms with Gasteiger partial charge in [0.2, 0.25) is 0 Å². The van der Waals surface area contributed by atoms with Crippen LogP contribution in [-0.4, -0.2) is 120 Å². The Bertz CT molecular complexity index is 3880. The van der Waals surface area contributed by atoms with E-state index in [9.17, 15) is 0 Å². The smallest absolute Gasteiger partial charge is 0.0827 e. The first-order valence-electron chi connectivity index (χ1n) is 60.7. The minimum Gasteiger partial charge on any atom is -0.252 e. The molecule has 0 amide bonds. The fourth-order valence-corrected chi connectivity index (χ4v) is 17.3. The van der Waals surface area contributed by atoms with Gasteiger partial charge in [0.05, 0.1) is 76.5 Å². The molecule has 8 aromatic rings. The second-order valence-corrected chi connectivity index (χ2v) is 49.8. The molecule has 844 valence electrons. The van der Waals surface area contributed by atoms with Gasteiger partial charge in [-0.2, -0.15) is 0 Å². The van der Waals surface area contributed by atoms with Crippen LogP contribution in [-0.2, 0) is 104 Å². The van der Waals surface area contributed by atoms with E-state index in [2.05, 4.69) is 346 Å². The number of aromatic nitrogens is 24. The molecule has 0 fully saturated rings. The van der Waals surface area contributed by atoms with E-state index in [1.165, 1.54) is 298 Å². The third-order valence-electron chi connectivity index (χ3n) is 26.6. The molecule has 0 saturated carbocycles. The molecule has 0 unspecified atom stereocenters.